The van der Waals surface area contributed by atoms with Crippen LogP contribution in [0.4, 0.5) is 0 Å². The molecule has 1 aromatic heterocycles. The number of amidine groups is 1. The van der Waals surface area contributed by atoms with Crippen molar-refractivity contribution in [3.63, 3.8) is 0 Å². The molecule has 0 saturated heterocycles. The first-order valence-electron chi connectivity index (χ1n) is 10.4. The molecular formula is C25H31N3O. The summed E-state index contributed by atoms with van der Waals surface area (Å²) in [6.07, 6.45) is 3.41. The molecule has 1 heterocycles. The summed E-state index contributed by atoms with van der Waals surface area (Å²) in [4.78, 5) is 20.6. The molecule has 2 atom stereocenters. The van der Waals surface area contributed by atoms with Crippen LogP contribution in [0, 0.1) is 11.8 Å². The SMILES string of the molecule is CC[C@H](C)[C@H](N=C(N)Cc1c[nH]c2ccc(-c3ccccc3)cc12)C(=O)C(C)C. The molecule has 0 spiro atoms. The normalized spacial score (nSPS) is 14.3. The van der Waals surface area contributed by atoms with Crippen LogP contribution >= 0.6 is 0 Å². The number of nitrogens with two attached hydrogens (primary N) is 1. The third-order valence-electron chi connectivity index (χ3n) is 5.59. The largest absolute Gasteiger partial charge is 0.387 e. The lowest BCUT2D eigenvalue weighted by Gasteiger charge is -2.20. The molecule has 0 amide bonds. The van der Waals surface area contributed by atoms with E-state index in [0.717, 1.165) is 22.9 Å². The lowest BCUT2D eigenvalue weighted by Crippen LogP contribution is -2.32. The van der Waals surface area contributed by atoms with Crippen LogP contribution in [-0.4, -0.2) is 22.6 Å². The summed E-state index contributed by atoms with van der Waals surface area (Å²) >= 11 is 0. The molecule has 152 valence electrons. The topological polar surface area (TPSA) is 71.2 Å². The summed E-state index contributed by atoms with van der Waals surface area (Å²) in [5.41, 5.74) is 10.8. The average molecular weight is 390 g/mol. The number of nitrogens with one attached hydrogen (secondary N) is 1. The molecular weight excluding hydrogens is 358 g/mol. The molecule has 4 heteroatoms. The smallest absolute Gasteiger partial charge is 0.160 e. The van der Waals surface area contributed by atoms with Crippen LogP contribution < -0.4 is 5.73 Å². The average Bonchev–Trinajstić information content (AvgIpc) is 3.13. The van der Waals surface area contributed by atoms with E-state index in [0.29, 0.717) is 12.3 Å². The van der Waals surface area contributed by atoms with Gasteiger partial charge in [0.1, 0.15) is 6.04 Å². The summed E-state index contributed by atoms with van der Waals surface area (Å²) in [5, 5.41) is 1.14. The molecule has 0 aliphatic carbocycles. The van der Waals surface area contributed by atoms with Crippen molar-refractivity contribution in [2.75, 3.05) is 0 Å². The van der Waals surface area contributed by atoms with Gasteiger partial charge in [-0.15, -0.1) is 0 Å². The molecule has 0 unspecified atom stereocenters. The van der Waals surface area contributed by atoms with Gasteiger partial charge in [0.05, 0.1) is 5.84 Å². The van der Waals surface area contributed by atoms with E-state index in [1.165, 1.54) is 11.1 Å². The van der Waals surface area contributed by atoms with Gasteiger partial charge in [0.15, 0.2) is 5.78 Å². The van der Waals surface area contributed by atoms with Crippen molar-refractivity contribution in [2.45, 2.75) is 46.6 Å². The number of aliphatic imine (C=N–C) groups is 1. The number of fused-ring (bicyclic) bond motifs is 1. The van der Waals surface area contributed by atoms with Crippen molar-refractivity contribution >= 4 is 22.5 Å². The Balaban J connectivity index is 1.90. The minimum absolute atomic E-state index is 0.0490. The molecule has 0 bridgehead atoms. The fourth-order valence-electron chi connectivity index (χ4n) is 3.59. The zero-order valence-electron chi connectivity index (χ0n) is 17.8. The van der Waals surface area contributed by atoms with Gasteiger partial charge >= 0.3 is 0 Å². The number of hydrogen-bond donors (Lipinski definition) is 2. The minimum atomic E-state index is -0.370. The number of nitrogens with zero attached hydrogens (tertiary/aromatic N) is 1. The third kappa shape index (κ3) is 4.76. The number of aromatic amines is 1. The predicted molar refractivity (Wildman–Crippen MR) is 122 cm³/mol. The fraction of sp³-hybridized carbons (Fsp3) is 0.360. The van der Waals surface area contributed by atoms with Crippen molar-refractivity contribution in [2.24, 2.45) is 22.6 Å². The Bertz CT molecular complexity index is 1000. The molecule has 3 aromatic rings. The molecule has 0 fully saturated rings. The Hall–Kier alpha value is -2.88. The van der Waals surface area contributed by atoms with Gasteiger partial charge in [0.25, 0.3) is 0 Å². The van der Waals surface area contributed by atoms with E-state index in [1.807, 2.05) is 38.2 Å². The van der Waals surface area contributed by atoms with Crippen molar-refractivity contribution in [1.82, 2.24) is 4.98 Å². The van der Waals surface area contributed by atoms with Crippen LogP contribution in [0.3, 0.4) is 0 Å². The van der Waals surface area contributed by atoms with Crippen LogP contribution in [0.25, 0.3) is 22.0 Å². The van der Waals surface area contributed by atoms with Gasteiger partial charge in [-0.1, -0.05) is 70.5 Å². The Labute approximate surface area is 173 Å². The van der Waals surface area contributed by atoms with Crippen molar-refractivity contribution in [1.29, 1.82) is 0 Å². The van der Waals surface area contributed by atoms with Crippen molar-refractivity contribution in [3.8, 4) is 11.1 Å². The Morgan fingerprint density at radius 1 is 1.07 bits per heavy atom. The zero-order chi connectivity index (χ0) is 21.0. The summed E-state index contributed by atoms with van der Waals surface area (Å²) in [6, 6.07) is 16.4. The zero-order valence-corrected chi connectivity index (χ0v) is 17.8. The summed E-state index contributed by atoms with van der Waals surface area (Å²) in [7, 11) is 0. The van der Waals surface area contributed by atoms with E-state index < -0.39 is 0 Å². The van der Waals surface area contributed by atoms with Crippen molar-refractivity contribution < 1.29 is 4.79 Å². The van der Waals surface area contributed by atoms with Gasteiger partial charge in [-0.3, -0.25) is 9.79 Å². The first-order chi connectivity index (χ1) is 13.9. The van der Waals surface area contributed by atoms with Gasteiger partial charge in [-0.05, 0) is 34.7 Å². The molecule has 4 nitrogen and oxygen atoms in total. The fourth-order valence-corrected chi connectivity index (χ4v) is 3.59. The molecule has 0 radical (unpaired) electrons. The number of H-pyrrole nitrogens is 1. The number of hydrogen-bond acceptors (Lipinski definition) is 2. The van der Waals surface area contributed by atoms with Crippen LogP contribution in [0.1, 0.15) is 39.7 Å². The van der Waals surface area contributed by atoms with E-state index in [2.05, 4.69) is 54.2 Å². The molecule has 2 aromatic carbocycles. The predicted octanol–water partition coefficient (Wildman–Crippen LogP) is 5.37. The number of aromatic nitrogens is 1. The second kappa shape index (κ2) is 9.08. The first kappa shape index (κ1) is 20.8. The highest BCUT2D eigenvalue weighted by molar-refractivity contribution is 5.94. The summed E-state index contributed by atoms with van der Waals surface area (Å²) in [6.45, 7) is 8.00. The van der Waals surface area contributed by atoms with Crippen LogP contribution in [-0.2, 0) is 11.2 Å². The summed E-state index contributed by atoms with van der Waals surface area (Å²) < 4.78 is 0. The Morgan fingerprint density at radius 3 is 2.45 bits per heavy atom. The number of carbonyl (C=O) groups excluding carboxylic acids is 1. The highest BCUT2D eigenvalue weighted by atomic mass is 16.1. The Kier molecular flexibility index (Phi) is 6.53. The quantitative estimate of drug-likeness (QED) is 0.401. The minimum Gasteiger partial charge on any atom is -0.387 e. The lowest BCUT2D eigenvalue weighted by atomic mass is 9.90. The number of carbonyl (C=O) groups is 1. The van der Waals surface area contributed by atoms with E-state index in [4.69, 9.17) is 5.73 Å². The molecule has 3 N–H and O–H groups in total. The number of ketones is 1. The van der Waals surface area contributed by atoms with Crippen LogP contribution in [0.2, 0.25) is 0 Å². The molecule has 29 heavy (non-hydrogen) atoms. The number of benzene rings is 2. The van der Waals surface area contributed by atoms with Gasteiger partial charge in [-0.2, -0.15) is 0 Å². The van der Waals surface area contributed by atoms with E-state index in [9.17, 15) is 4.79 Å². The third-order valence-corrected chi connectivity index (χ3v) is 5.59. The maximum Gasteiger partial charge on any atom is 0.160 e. The number of Topliss-reactive ketones (excluding diaryl/α,β-unsaturated/α-hetero) is 1. The van der Waals surface area contributed by atoms with E-state index in [-0.39, 0.29) is 23.7 Å². The Morgan fingerprint density at radius 2 is 1.79 bits per heavy atom. The molecule has 0 saturated carbocycles. The molecule has 0 aliphatic rings. The summed E-state index contributed by atoms with van der Waals surface area (Å²) in [5.74, 6) is 0.797. The van der Waals surface area contributed by atoms with E-state index >= 15 is 0 Å². The standard InChI is InChI=1S/C25H31N3O/c1-5-17(4)24(25(29)16(2)3)28-23(26)14-20-15-27-22-12-11-19(13-21(20)22)18-9-7-6-8-10-18/h6-13,15-17,24,27H,5,14H2,1-4H3,(H2,26,28)/t17-,24-/m0/s1. The van der Waals surface area contributed by atoms with Crippen LogP contribution in [0.5, 0.6) is 0 Å². The highest BCUT2D eigenvalue weighted by Gasteiger charge is 2.25. The van der Waals surface area contributed by atoms with Gasteiger partial charge in [-0.25, -0.2) is 0 Å². The van der Waals surface area contributed by atoms with Gasteiger partial charge < -0.3 is 10.7 Å². The maximum absolute atomic E-state index is 12.6. The second-order valence-corrected chi connectivity index (χ2v) is 8.12. The van der Waals surface area contributed by atoms with Gasteiger partial charge in [0.2, 0.25) is 0 Å². The number of rotatable bonds is 8. The van der Waals surface area contributed by atoms with Crippen molar-refractivity contribution in [3.05, 3.63) is 60.3 Å². The monoisotopic (exact) mass is 389 g/mol. The van der Waals surface area contributed by atoms with E-state index in [1.54, 1.807) is 0 Å². The maximum atomic E-state index is 12.6. The first-order valence-corrected chi connectivity index (χ1v) is 10.4. The van der Waals surface area contributed by atoms with Gasteiger partial charge in [0, 0.05) is 29.4 Å². The molecule has 0 aliphatic heterocycles. The molecule has 3 rings (SSSR count). The van der Waals surface area contributed by atoms with Crippen LogP contribution in [0.15, 0.2) is 59.7 Å². The highest BCUT2D eigenvalue weighted by Crippen LogP contribution is 2.27. The lowest BCUT2D eigenvalue weighted by molar-refractivity contribution is -0.124. The second-order valence-electron chi connectivity index (χ2n) is 8.12.